The lowest BCUT2D eigenvalue weighted by atomic mass is 10.1. The van der Waals surface area contributed by atoms with Gasteiger partial charge in [-0.1, -0.05) is 0 Å². The van der Waals surface area contributed by atoms with Gasteiger partial charge in [-0.25, -0.2) is 0 Å². The minimum Gasteiger partial charge on any atom is -0.507 e. The zero-order chi connectivity index (χ0) is 11.3. The average Bonchev–Trinajstić information content (AvgIpc) is 2.26. The van der Waals surface area contributed by atoms with Gasteiger partial charge >= 0.3 is 0 Å². The molecule has 3 nitrogen and oxygen atoms in total. The van der Waals surface area contributed by atoms with Gasteiger partial charge in [-0.2, -0.15) is 0 Å². The van der Waals surface area contributed by atoms with Crippen LogP contribution in [0.5, 0.6) is 11.5 Å². The number of hydrogen-bond acceptors (Lipinski definition) is 3. The van der Waals surface area contributed by atoms with Crippen LogP contribution in [0.25, 0.3) is 0 Å². The second-order valence-electron chi connectivity index (χ2n) is 3.10. The molecule has 15 heavy (non-hydrogen) atoms. The van der Waals surface area contributed by atoms with Crippen LogP contribution in [0.1, 0.15) is 23.2 Å². The van der Waals surface area contributed by atoms with Crippen molar-refractivity contribution in [3.8, 4) is 11.5 Å². The average molecular weight is 229 g/mol. The quantitative estimate of drug-likeness (QED) is 0.623. The number of halogens is 1. The Balaban J connectivity index is 2.86. The zero-order valence-electron chi connectivity index (χ0n) is 8.50. The lowest BCUT2D eigenvalue weighted by molar-refractivity contribution is 0.0979. The van der Waals surface area contributed by atoms with Crippen molar-refractivity contribution in [2.45, 2.75) is 12.8 Å². The fourth-order valence-corrected chi connectivity index (χ4v) is 1.36. The van der Waals surface area contributed by atoms with Gasteiger partial charge in [0, 0.05) is 12.3 Å². The molecule has 1 rings (SSSR count). The van der Waals surface area contributed by atoms with Gasteiger partial charge in [0.2, 0.25) is 0 Å². The summed E-state index contributed by atoms with van der Waals surface area (Å²) >= 11 is 5.49. The molecule has 1 N–H and O–H groups in total. The normalized spacial score (nSPS) is 10.0. The molecule has 0 saturated heterocycles. The van der Waals surface area contributed by atoms with E-state index in [1.165, 1.54) is 19.2 Å². The number of benzene rings is 1. The van der Waals surface area contributed by atoms with E-state index in [0.29, 0.717) is 30.0 Å². The van der Waals surface area contributed by atoms with E-state index in [4.69, 9.17) is 16.3 Å². The smallest absolute Gasteiger partial charge is 0.166 e. The number of ketones is 1. The Hall–Kier alpha value is -1.22. The van der Waals surface area contributed by atoms with Crippen molar-refractivity contribution in [2.24, 2.45) is 0 Å². The van der Waals surface area contributed by atoms with Gasteiger partial charge in [0.25, 0.3) is 0 Å². The molecule has 0 saturated carbocycles. The van der Waals surface area contributed by atoms with Crippen molar-refractivity contribution in [1.29, 1.82) is 0 Å². The van der Waals surface area contributed by atoms with E-state index in [-0.39, 0.29) is 11.5 Å². The Morgan fingerprint density at radius 3 is 2.87 bits per heavy atom. The molecule has 4 heteroatoms. The number of ether oxygens (including phenoxy) is 1. The van der Waals surface area contributed by atoms with E-state index in [1.54, 1.807) is 6.07 Å². The summed E-state index contributed by atoms with van der Waals surface area (Å²) in [6.07, 6.45) is 0.946. The maximum absolute atomic E-state index is 11.6. The third-order valence-corrected chi connectivity index (χ3v) is 2.31. The van der Waals surface area contributed by atoms with Crippen molar-refractivity contribution >= 4 is 17.4 Å². The van der Waals surface area contributed by atoms with E-state index in [0.717, 1.165) is 0 Å². The highest BCUT2D eigenvalue weighted by atomic mass is 35.5. The van der Waals surface area contributed by atoms with Gasteiger partial charge < -0.3 is 9.84 Å². The second kappa shape index (κ2) is 5.61. The van der Waals surface area contributed by atoms with Crippen LogP contribution in [0.4, 0.5) is 0 Å². The summed E-state index contributed by atoms with van der Waals surface area (Å²) in [5.74, 6) is 0.862. The minimum atomic E-state index is -0.118. The Kier molecular flexibility index (Phi) is 4.43. The number of carbonyl (C=O) groups is 1. The van der Waals surface area contributed by atoms with E-state index in [9.17, 15) is 9.90 Å². The van der Waals surface area contributed by atoms with E-state index in [2.05, 4.69) is 0 Å². The van der Waals surface area contributed by atoms with Crippen LogP contribution in [0.3, 0.4) is 0 Å². The molecule has 0 fully saturated rings. The van der Waals surface area contributed by atoms with Gasteiger partial charge in [0.1, 0.15) is 11.5 Å². The molecule has 0 aliphatic rings. The summed E-state index contributed by atoms with van der Waals surface area (Å²) in [5.41, 5.74) is 0.291. The van der Waals surface area contributed by atoms with E-state index < -0.39 is 0 Å². The lowest BCUT2D eigenvalue weighted by Gasteiger charge is -2.05. The van der Waals surface area contributed by atoms with Gasteiger partial charge in [-0.15, -0.1) is 11.6 Å². The molecule has 0 atom stereocenters. The molecule has 0 spiro atoms. The number of aromatic hydroxyl groups is 1. The predicted molar refractivity (Wildman–Crippen MR) is 58.9 cm³/mol. The molecule has 0 unspecified atom stereocenters. The predicted octanol–water partition coefficient (Wildman–Crippen LogP) is 2.60. The molecule has 0 amide bonds. The van der Waals surface area contributed by atoms with Gasteiger partial charge in [0.05, 0.1) is 12.7 Å². The summed E-state index contributed by atoms with van der Waals surface area (Å²) in [7, 11) is 1.51. The first-order chi connectivity index (χ1) is 7.19. The maximum Gasteiger partial charge on any atom is 0.166 e. The summed E-state index contributed by atoms with van der Waals surface area (Å²) < 4.78 is 4.98. The highest BCUT2D eigenvalue weighted by Crippen LogP contribution is 2.24. The summed E-state index contributed by atoms with van der Waals surface area (Å²) in [6, 6.07) is 4.59. The number of phenols is 1. The molecular weight excluding hydrogens is 216 g/mol. The van der Waals surface area contributed by atoms with E-state index >= 15 is 0 Å². The van der Waals surface area contributed by atoms with Gasteiger partial charge in [0.15, 0.2) is 5.78 Å². The highest BCUT2D eigenvalue weighted by molar-refractivity contribution is 6.18. The fraction of sp³-hybridized carbons (Fsp3) is 0.364. The lowest BCUT2D eigenvalue weighted by Crippen LogP contribution is -2.00. The Labute approximate surface area is 93.6 Å². The largest absolute Gasteiger partial charge is 0.507 e. The Bertz CT molecular complexity index is 350. The Morgan fingerprint density at radius 1 is 1.53 bits per heavy atom. The molecule has 0 heterocycles. The molecule has 0 radical (unpaired) electrons. The molecule has 82 valence electrons. The van der Waals surface area contributed by atoms with Crippen LogP contribution in [0.15, 0.2) is 18.2 Å². The molecule has 1 aromatic carbocycles. The number of phenolic OH excluding ortho intramolecular Hbond substituents is 1. The topological polar surface area (TPSA) is 46.5 Å². The standard InChI is InChI=1S/C11H13ClO3/c1-15-8-4-5-11(14)9(7-8)10(13)3-2-6-12/h4-5,7,14H,2-3,6H2,1H3. The number of alkyl halides is 1. The van der Waals surface area contributed by atoms with Gasteiger partial charge in [-0.05, 0) is 24.6 Å². The van der Waals surface area contributed by atoms with Crippen LogP contribution in [-0.4, -0.2) is 23.9 Å². The molecule has 0 aromatic heterocycles. The molecule has 0 bridgehead atoms. The monoisotopic (exact) mass is 228 g/mol. The maximum atomic E-state index is 11.6. The number of hydrogen-bond donors (Lipinski definition) is 1. The summed E-state index contributed by atoms with van der Waals surface area (Å²) in [6.45, 7) is 0. The molecule has 1 aromatic rings. The molecule has 0 aliphatic carbocycles. The zero-order valence-corrected chi connectivity index (χ0v) is 9.25. The first kappa shape index (κ1) is 11.9. The molecule has 0 aliphatic heterocycles. The van der Waals surface area contributed by atoms with Crippen molar-refractivity contribution in [3.05, 3.63) is 23.8 Å². The van der Waals surface area contributed by atoms with Crippen LogP contribution in [-0.2, 0) is 0 Å². The number of methoxy groups -OCH3 is 1. The van der Waals surface area contributed by atoms with Crippen LogP contribution >= 0.6 is 11.6 Å². The highest BCUT2D eigenvalue weighted by Gasteiger charge is 2.11. The first-order valence-corrected chi connectivity index (χ1v) is 5.18. The number of Topliss-reactive ketones (excluding diaryl/α,β-unsaturated/α-hetero) is 1. The van der Waals surface area contributed by atoms with Crippen LogP contribution in [0, 0.1) is 0 Å². The van der Waals surface area contributed by atoms with E-state index in [1.807, 2.05) is 0 Å². The third kappa shape index (κ3) is 3.13. The minimum absolute atomic E-state index is 0.0182. The Morgan fingerprint density at radius 2 is 2.27 bits per heavy atom. The second-order valence-corrected chi connectivity index (χ2v) is 3.48. The van der Waals surface area contributed by atoms with Crippen molar-refractivity contribution in [1.82, 2.24) is 0 Å². The third-order valence-electron chi connectivity index (χ3n) is 2.04. The first-order valence-electron chi connectivity index (χ1n) is 4.65. The van der Waals surface area contributed by atoms with Crippen molar-refractivity contribution in [2.75, 3.05) is 13.0 Å². The van der Waals surface area contributed by atoms with Crippen LogP contribution in [0.2, 0.25) is 0 Å². The van der Waals surface area contributed by atoms with Gasteiger partial charge in [-0.3, -0.25) is 4.79 Å². The SMILES string of the molecule is COc1ccc(O)c(C(=O)CCCCl)c1. The molecular formula is C11H13ClO3. The number of carbonyl (C=O) groups excluding carboxylic acids is 1. The van der Waals surface area contributed by atoms with Crippen molar-refractivity contribution < 1.29 is 14.6 Å². The fourth-order valence-electron chi connectivity index (χ4n) is 1.23. The summed E-state index contributed by atoms with van der Waals surface area (Å²) in [5, 5.41) is 9.49. The number of rotatable bonds is 5. The van der Waals surface area contributed by atoms with Crippen LogP contribution < -0.4 is 4.74 Å². The summed E-state index contributed by atoms with van der Waals surface area (Å²) in [4.78, 5) is 11.6. The van der Waals surface area contributed by atoms with Crippen molar-refractivity contribution in [3.63, 3.8) is 0 Å².